The first-order valence-electron chi connectivity index (χ1n) is 4.78. The first-order valence-corrected chi connectivity index (χ1v) is 4.78. The number of ether oxygens (including phenoxy) is 1. The largest absolute Gasteiger partial charge is 0.374 e. The molecule has 1 rings (SSSR count). The van der Waals surface area contributed by atoms with Crippen molar-refractivity contribution in [1.82, 2.24) is 5.32 Å². The molecule has 0 aromatic heterocycles. The summed E-state index contributed by atoms with van der Waals surface area (Å²) in [5, 5.41) is 3.37. The molecule has 2 unspecified atom stereocenters. The zero-order chi connectivity index (χ0) is 8.81. The fourth-order valence-electron chi connectivity index (χ4n) is 1.42. The molecule has 0 spiro atoms. The van der Waals surface area contributed by atoms with Crippen LogP contribution in [-0.2, 0) is 4.74 Å². The fraction of sp³-hybridized carbons (Fsp3) is 0.800. The Balaban J connectivity index is 2.08. The van der Waals surface area contributed by atoms with Gasteiger partial charge in [0, 0.05) is 6.54 Å². The van der Waals surface area contributed by atoms with E-state index >= 15 is 0 Å². The molecule has 2 heteroatoms. The van der Waals surface area contributed by atoms with Gasteiger partial charge in [0.15, 0.2) is 0 Å². The van der Waals surface area contributed by atoms with Crippen molar-refractivity contribution in [2.75, 3.05) is 19.7 Å². The summed E-state index contributed by atoms with van der Waals surface area (Å²) < 4.78 is 5.57. The van der Waals surface area contributed by atoms with E-state index in [1.807, 2.05) is 13.0 Å². The van der Waals surface area contributed by atoms with E-state index in [2.05, 4.69) is 11.9 Å². The molecule has 0 saturated carbocycles. The number of rotatable bonds is 4. The normalized spacial score (nSPS) is 26.6. The van der Waals surface area contributed by atoms with Gasteiger partial charge in [-0.05, 0) is 32.2 Å². The second kappa shape index (κ2) is 5.33. The first kappa shape index (κ1) is 9.75. The first-order chi connectivity index (χ1) is 5.83. The van der Waals surface area contributed by atoms with E-state index in [0.717, 1.165) is 13.2 Å². The molecular formula is C10H19NO. The van der Waals surface area contributed by atoms with Crippen molar-refractivity contribution in [1.29, 1.82) is 0 Å². The molecular weight excluding hydrogens is 150 g/mol. The Morgan fingerprint density at radius 1 is 1.75 bits per heavy atom. The third-order valence-electron chi connectivity index (χ3n) is 2.33. The number of piperidine rings is 1. The van der Waals surface area contributed by atoms with Gasteiger partial charge in [0.25, 0.3) is 0 Å². The Hall–Kier alpha value is -0.340. The molecule has 0 aromatic carbocycles. The molecule has 1 fully saturated rings. The minimum absolute atomic E-state index is 0.201. The molecule has 2 nitrogen and oxygen atoms in total. The molecule has 0 amide bonds. The number of hydrogen-bond acceptors (Lipinski definition) is 2. The molecule has 1 aliphatic heterocycles. The molecule has 0 radical (unpaired) electrons. The Labute approximate surface area is 75.0 Å². The van der Waals surface area contributed by atoms with Crippen LogP contribution in [-0.4, -0.2) is 25.8 Å². The van der Waals surface area contributed by atoms with Gasteiger partial charge in [-0.1, -0.05) is 6.08 Å². The summed E-state index contributed by atoms with van der Waals surface area (Å²) in [6.07, 6.45) is 4.63. The summed E-state index contributed by atoms with van der Waals surface area (Å²) in [5.41, 5.74) is 0. The summed E-state index contributed by atoms with van der Waals surface area (Å²) in [4.78, 5) is 0. The van der Waals surface area contributed by atoms with Crippen molar-refractivity contribution in [3.8, 4) is 0 Å². The van der Waals surface area contributed by atoms with E-state index in [0.29, 0.717) is 5.92 Å². The predicted octanol–water partition coefficient (Wildman–Crippen LogP) is 1.58. The summed E-state index contributed by atoms with van der Waals surface area (Å²) in [7, 11) is 0. The summed E-state index contributed by atoms with van der Waals surface area (Å²) >= 11 is 0. The third-order valence-corrected chi connectivity index (χ3v) is 2.33. The Bertz CT molecular complexity index is 130. The minimum atomic E-state index is 0.201. The van der Waals surface area contributed by atoms with Crippen molar-refractivity contribution in [3.05, 3.63) is 12.7 Å². The van der Waals surface area contributed by atoms with Crippen molar-refractivity contribution >= 4 is 0 Å². The molecule has 12 heavy (non-hydrogen) atoms. The molecule has 1 saturated heterocycles. The summed E-state index contributed by atoms with van der Waals surface area (Å²) in [6.45, 7) is 8.88. The van der Waals surface area contributed by atoms with E-state index in [-0.39, 0.29) is 6.10 Å². The van der Waals surface area contributed by atoms with Crippen LogP contribution in [0.1, 0.15) is 19.8 Å². The van der Waals surface area contributed by atoms with Gasteiger partial charge in [-0.25, -0.2) is 0 Å². The zero-order valence-corrected chi connectivity index (χ0v) is 7.88. The monoisotopic (exact) mass is 169 g/mol. The van der Waals surface area contributed by atoms with Gasteiger partial charge in [0.05, 0.1) is 12.7 Å². The quantitative estimate of drug-likeness (QED) is 0.645. The second-order valence-corrected chi connectivity index (χ2v) is 3.49. The summed E-state index contributed by atoms with van der Waals surface area (Å²) in [5.74, 6) is 0.709. The minimum Gasteiger partial charge on any atom is -0.374 e. The van der Waals surface area contributed by atoms with Crippen LogP contribution in [0.3, 0.4) is 0 Å². The van der Waals surface area contributed by atoms with Crippen LogP contribution in [0.15, 0.2) is 12.7 Å². The Morgan fingerprint density at radius 3 is 3.17 bits per heavy atom. The highest BCUT2D eigenvalue weighted by atomic mass is 16.5. The lowest BCUT2D eigenvalue weighted by Crippen LogP contribution is -2.32. The SMILES string of the molecule is C=CC(C)OCC1CCCNC1. The zero-order valence-electron chi connectivity index (χ0n) is 7.88. The Morgan fingerprint density at radius 2 is 2.58 bits per heavy atom. The van der Waals surface area contributed by atoms with Gasteiger partial charge in [-0.15, -0.1) is 6.58 Å². The van der Waals surface area contributed by atoms with Crippen LogP contribution in [0.5, 0.6) is 0 Å². The molecule has 0 bridgehead atoms. The molecule has 70 valence electrons. The lowest BCUT2D eigenvalue weighted by Gasteiger charge is -2.23. The van der Waals surface area contributed by atoms with Crippen LogP contribution in [0, 0.1) is 5.92 Å². The van der Waals surface area contributed by atoms with E-state index in [4.69, 9.17) is 4.74 Å². The van der Waals surface area contributed by atoms with E-state index in [9.17, 15) is 0 Å². The highest BCUT2D eigenvalue weighted by molar-refractivity contribution is 4.76. The molecule has 1 N–H and O–H groups in total. The van der Waals surface area contributed by atoms with Crippen molar-refractivity contribution < 1.29 is 4.74 Å². The lowest BCUT2D eigenvalue weighted by atomic mass is 10.0. The maximum Gasteiger partial charge on any atom is 0.0725 e. The molecule has 2 atom stereocenters. The average Bonchev–Trinajstić information content (AvgIpc) is 2.16. The standard InChI is InChI=1S/C10H19NO/c1-3-9(2)12-8-10-5-4-6-11-7-10/h3,9-11H,1,4-8H2,2H3. The van der Waals surface area contributed by atoms with Gasteiger partial charge in [0.1, 0.15) is 0 Å². The lowest BCUT2D eigenvalue weighted by molar-refractivity contribution is 0.0602. The van der Waals surface area contributed by atoms with Gasteiger partial charge in [-0.2, -0.15) is 0 Å². The average molecular weight is 169 g/mol. The molecule has 0 aliphatic carbocycles. The van der Waals surface area contributed by atoms with Crippen LogP contribution in [0.2, 0.25) is 0 Å². The van der Waals surface area contributed by atoms with E-state index in [1.54, 1.807) is 0 Å². The fourth-order valence-corrected chi connectivity index (χ4v) is 1.42. The molecule has 1 heterocycles. The topological polar surface area (TPSA) is 21.3 Å². The second-order valence-electron chi connectivity index (χ2n) is 3.49. The van der Waals surface area contributed by atoms with Gasteiger partial charge in [0.2, 0.25) is 0 Å². The molecule has 0 aromatic rings. The van der Waals surface area contributed by atoms with Crippen molar-refractivity contribution in [2.45, 2.75) is 25.9 Å². The summed E-state index contributed by atoms with van der Waals surface area (Å²) in [6, 6.07) is 0. The highest BCUT2D eigenvalue weighted by Gasteiger charge is 2.13. The number of hydrogen-bond donors (Lipinski definition) is 1. The van der Waals surface area contributed by atoms with Crippen molar-refractivity contribution in [3.63, 3.8) is 0 Å². The van der Waals surface area contributed by atoms with Gasteiger partial charge < -0.3 is 10.1 Å². The highest BCUT2D eigenvalue weighted by Crippen LogP contribution is 2.10. The third kappa shape index (κ3) is 3.37. The smallest absolute Gasteiger partial charge is 0.0725 e. The van der Waals surface area contributed by atoms with Crippen LogP contribution in [0.25, 0.3) is 0 Å². The van der Waals surface area contributed by atoms with Gasteiger partial charge >= 0.3 is 0 Å². The van der Waals surface area contributed by atoms with Crippen LogP contribution in [0.4, 0.5) is 0 Å². The van der Waals surface area contributed by atoms with Gasteiger partial charge in [-0.3, -0.25) is 0 Å². The van der Waals surface area contributed by atoms with Crippen LogP contribution >= 0.6 is 0 Å². The Kier molecular flexibility index (Phi) is 4.33. The van der Waals surface area contributed by atoms with Crippen LogP contribution < -0.4 is 5.32 Å². The number of nitrogens with one attached hydrogen (secondary N) is 1. The van der Waals surface area contributed by atoms with Crippen molar-refractivity contribution in [2.24, 2.45) is 5.92 Å². The predicted molar refractivity (Wildman–Crippen MR) is 51.2 cm³/mol. The van der Waals surface area contributed by atoms with E-state index in [1.165, 1.54) is 19.4 Å². The maximum absolute atomic E-state index is 5.57. The molecule has 1 aliphatic rings. The van der Waals surface area contributed by atoms with E-state index < -0.39 is 0 Å². The maximum atomic E-state index is 5.57.